The van der Waals surface area contributed by atoms with E-state index in [4.69, 9.17) is 26.4 Å². The second-order valence-electron chi connectivity index (χ2n) is 7.62. The predicted molar refractivity (Wildman–Crippen MR) is 126 cm³/mol. The highest BCUT2D eigenvalue weighted by molar-refractivity contribution is 7.80. The molecule has 0 bridgehead atoms. The van der Waals surface area contributed by atoms with Crippen LogP contribution >= 0.6 is 12.2 Å². The van der Waals surface area contributed by atoms with E-state index in [-0.39, 0.29) is 12.1 Å². The van der Waals surface area contributed by atoms with E-state index in [1.54, 1.807) is 14.2 Å². The number of nitrogens with zero attached hydrogens (tertiary/aromatic N) is 1. The van der Waals surface area contributed by atoms with Crippen LogP contribution in [-0.2, 0) is 9.53 Å². The van der Waals surface area contributed by atoms with Crippen molar-refractivity contribution in [2.24, 2.45) is 0 Å². The van der Waals surface area contributed by atoms with Gasteiger partial charge in [0.2, 0.25) is 0 Å². The quantitative estimate of drug-likeness (QED) is 0.517. The van der Waals surface area contributed by atoms with Gasteiger partial charge in [0, 0.05) is 11.8 Å². The molecule has 0 fully saturated rings. The number of aryl methyl sites for hydroxylation is 1. The van der Waals surface area contributed by atoms with Crippen molar-refractivity contribution in [3.8, 4) is 11.5 Å². The van der Waals surface area contributed by atoms with E-state index in [1.165, 1.54) is 0 Å². The van der Waals surface area contributed by atoms with Gasteiger partial charge in [-0.3, -0.25) is 4.90 Å². The summed E-state index contributed by atoms with van der Waals surface area (Å²) in [5, 5.41) is 3.82. The number of benzene rings is 2. The molecule has 0 amide bonds. The van der Waals surface area contributed by atoms with Crippen molar-refractivity contribution in [1.82, 2.24) is 5.32 Å². The third-order valence-corrected chi connectivity index (χ3v) is 5.35. The number of nitrogens with one attached hydrogen (secondary N) is 1. The van der Waals surface area contributed by atoms with E-state index in [2.05, 4.69) is 5.32 Å². The Morgan fingerprint density at radius 1 is 1.06 bits per heavy atom. The van der Waals surface area contributed by atoms with Gasteiger partial charge >= 0.3 is 5.97 Å². The largest absolute Gasteiger partial charge is 0.493 e. The molecule has 0 radical (unpaired) electrons. The topological polar surface area (TPSA) is 60.0 Å². The second kappa shape index (κ2) is 9.39. The molecule has 1 heterocycles. The molecule has 31 heavy (non-hydrogen) atoms. The fourth-order valence-electron chi connectivity index (χ4n) is 3.66. The van der Waals surface area contributed by atoms with E-state index < -0.39 is 6.04 Å². The Kier molecular flexibility index (Phi) is 6.85. The Balaban J connectivity index is 2.15. The molecule has 1 aliphatic heterocycles. The van der Waals surface area contributed by atoms with Gasteiger partial charge in [-0.15, -0.1) is 0 Å². The second-order valence-corrected chi connectivity index (χ2v) is 8.01. The summed E-state index contributed by atoms with van der Waals surface area (Å²) in [6, 6.07) is 13.1. The average Bonchev–Trinajstić information content (AvgIpc) is 2.72. The van der Waals surface area contributed by atoms with Gasteiger partial charge < -0.3 is 19.5 Å². The molecule has 7 heteroatoms. The van der Waals surface area contributed by atoms with Crippen LogP contribution in [0, 0.1) is 6.92 Å². The maximum absolute atomic E-state index is 13.2. The molecular formula is C24H28N2O4S. The number of methoxy groups -OCH3 is 2. The smallest absolute Gasteiger partial charge is 0.338 e. The van der Waals surface area contributed by atoms with Crippen molar-refractivity contribution in [1.29, 1.82) is 0 Å². The van der Waals surface area contributed by atoms with Gasteiger partial charge in [-0.25, -0.2) is 4.79 Å². The molecule has 6 nitrogen and oxygen atoms in total. The maximum atomic E-state index is 13.2. The van der Waals surface area contributed by atoms with Gasteiger partial charge in [0.05, 0.1) is 37.6 Å². The van der Waals surface area contributed by atoms with E-state index in [9.17, 15) is 4.79 Å². The van der Waals surface area contributed by atoms with Crippen LogP contribution in [0.1, 0.15) is 37.9 Å². The van der Waals surface area contributed by atoms with Crippen LogP contribution in [0.2, 0.25) is 0 Å². The number of thiocarbonyl (C=S) groups is 1. The summed E-state index contributed by atoms with van der Waals surface area (Å²) in [6.07, 6.45) is -0.241. The molecule has 0 unspecified atom stereocenters. The number of hydrogen-bond acceptors (Lipinski definition) is 5. The molecule has 3 rings (SSSR count). The summed E-state index contributed by atoms with van der Waals surface area (Å²) in [4.78, 5) is 15.0. The summed E-state index contributed by atoms with van der Waals surface area (Å²) < 4.78 is 16.4. The summed E-state index contributed by atoms with van der Waals surface area (Å²) in [7, 11) is 3.17. The number of carbonyl (C=O) groups excluding carboxylic acids is 1. The van der Waals surface area contributed by atoms with Gasteiger partial charge in [0.15, 0.2) is 16.6 Å². The molecule has 1 aliphatic rings. The molecule has 0 aliphatic carbocycles. The van der Waals surface area contributed by atoms with Crippen LogP contribution in [-0.4, -0.2) is 31.4 Å². The Labute approximate surface area is 188 Å². The third-order valence-electron chi connectivity index (χ3n) is 5.05. The molecule has 0 saturated heterocycles. The molecule has 2 aromatic carbocycles. The van der Waals surface area contributed by atoms with E-state index >= 15 is 0 Å². The standard InChI is InChI=1S/C24H28N2O4S/c1-14(2)30-23(27)21-16(4)26(18-10-11-19(28-5)20(13-18)29-6)24(31)25-22(21)17-9-7-8-15(3)12-17/h7-14,22H,1-6H3,(H,25,31)/t22-/m1/s1. The van der Waals surface area contributed by atoms with Gasteiger partial charge in [-0.05, 0) is 57.6 Å². The normalized spacial score (nSPS) is 16.3. The summed E-state index contributed by atoms with van der Waals surface area (Å²) in [5.41, 5.74) is 4.02. The van der Waals surface area contributed by atoms with Gasteiger partial charge in [-0.2, -0.15) is 0 Å². The van der Waals surface area contributed by atoms with Crippen LogP contribution in [0.5, 0.6) is 11.5 Å². The first kappa shape index (κ1) is 22.6. The number of hydrogen-bond donors (Lipinski definition) is 1. The molecule has 2 aromatic rings. The number of rotatable bonds is 6. The van der Waals surface area contributed by atoms with Crippen LogP contribution in [0.4, 0.5) is 5.69 Å². The van der Waals surface area contributed by atoms with E-state index in [0.717, 1.165) is 16.8 Å². The maximum Gasteiger partial charge on any atom is 0.338 e. The fraction of sp³-hybridized carbons (Fsp3) is 0.333. The molecule has 0 spiro atoms. The molecule has 0 aromatic heterocycles. The zero-order chi connectivity index (χ0) is 22.7. The first-order valence-corrected chi connectivity index (χ1v) is 10.5. The Hall–Kier alpha value is -3.06. The number of carbonyl (C=O) groups is 1. The predicted octanol–water partition coefficient (Wildman–Crippen LogP) is 4.67. The first-order valence-electron chi connectivity index (χ1n) is 10.1. The van der Waals surface area contributed by atoms with Crippen molar-refractivity contribution < 1.29 is 19.0 Å². The lowest BCUT2D eigenvalue weighted by atomic mass is 9.93. The Morgan fingerprint density at radius 3 is 2.39 bits per heavy atom. The van der Waals surface area contributed by atoms with Crippen molar-refractivity contribution >= 4 is 29.0 Å². The minimum absolute atomic E-state index is 0.241. The van der Waals surface area contributed by atoms with Crippen molar-refractivity contribution in [3.05, 3.63) is 64.9 Å². The lowest BCUT2D eigenvalue weighted by Crippen LogP contribution is -2.48. The highest BCUT2D eigenvalue weighted by Gasteiger charge is 2.36. The zero-order valence-electron chi connectivity index (χ0n) is 18.7. The number of anilines is 1. The Bertz CT molecular complexity index is 1030. The van der Waals surface area contributed by atoms with E-state index in [1.807, 2.05) is 75.1 Å². The number of allylic oxidation sites excluding steroid dienone is 1. The highest BCUT2D eigenvalue weighted by Crippen LogP contribution is 2.38. The first-order chi connectivity index (χ1) is 14.8. The van der Waals surface area contributed by atoms with Gasteiger partial charge in [0.25, 0.3) is 0 Å². The lowest BCUT2D eigenvalue weighted by molar-refractivity contribution is -0.143. The molecule has 0 saturated carbocycles. The SMILES string of the molecule is COc1ccc(N2C(=S)N[C@H](c3cccc(C)c3)C(C(=O)OC(C)C)=C2C)cc1OC. The minimum Gasteiger partial charge on any atom is -0.493 e. The van der Waals surface area contributed by atoms with Crippen LogP contribution in [0.3, 0.4) is 0 Å². The van der Waals surface area contributed by atoms with Crippen molar-refractivity contribution in [3.63, 3.8) is 0 Å². The molecular weight excluding hydrogens is 412 g/mol. The molecule has 1 N–H and O–H groups in total. The van der Waals surface area contributed by atoms with Crippen molar-refractivity contribution in [2.45, 2.75) is 39.8 Å². The van der Waals surface area contributed by atoms with Gasteiger partial charge in [0.1, 0.15) is 0 Å². The molecule has 1 atom stereocenters. The number of ether oxygens (including phenoxy) is 3. The third kappa shape index (κ3) is 4.66. The molecule has 164 valence electrons. The van der Waals surface area contributed by atoms with Crippen molar-refractivity contribution in [2.75, 3.05) is 19.1 Å². The highest BCUT2D eigenvalue weighted by atomic mass is 32.1. The van der Waals surface area contributed by atoms with E-state index in [0.29, 0.717) is 27.9 Å². The summed E-state index contributed by atoms with van der Waals surface area (Å²) in [6.45, 7) is 7.57. The zero-order valence-corrected chi connectivity index (χ0v) is 19.5. The minimum atomic E-state index is -0.407. The fourth-order valence-corrected chi connectivity index (χ4v) is 4.02. The average molecular weight is 441 g/mol. The Morgan fingerprint density at radius 2 is 1.77 bits per heavy atom. The summed E-state index contributed by atoms with van der Waals surface area (Å²) in [5.74, 6) is 0.808. The lowest BCUT2D eigenvalue weighted by Gasteiger charge is -2.38. The van der Waals surface area contributed by atoms with Gasteiger partial charge in [-0.1, -0.05) is 29.8 Å². The summed E-state index contributed by atoms with van der Waals surface area (Å²) >= 11 is 5.72. The van der Waals surface area contributed by atoms with Crippen LogP contribution in [0.25, 0.3) is 0 Å². The monoisotopic (exact) mass is 440 g/mol. The van der Waals surface area contributed by atoms with Crippen LogP contribution in [0.15, 0.2) is 53.7 Å². The van der Waals surface area contributed by atoms with Crippen LogP contribution < -0.4 is 19.7 Å². The number of esters is 1.